The van der Waals surface area contributed by atoms with Gasteiger partial charge in [-0.1, -0.05) is 12.1 Å². The predicted octanol–water partition coefficient (Wildman–Crippen LogP) is 2.73. The fourth-order valence-electron chi connectivity index (χ4n) is 2.68. The summed E-state index contributed by atoms with van der Waals surface area (Å²) in [7, 11) is 0. The van der Waals surface area contributed by atoms with Crippen LogP contribution in [0.2, 0.25) is 0 Å². The fourth-order valence-corrected chi connectivity index (χ4v) is 2.68. The maximum absolute atomic E-state index is 5.95. The van der Waals surface area contributed by atoms with Crippen molar-refractivity contribution in [1.82, 2.24) is 10.2 Å². The highest BCUT2D eigenvalue weighted by atomic mass is 16.4. The van der Waals surface area contributed by atoms with Crippen LogP contribution in [0.1, 0.15) is 31.6 Å². The minimum Gasteiger partial charge on any atom is -0.421 e. The largest absolute Gasteiger partial charge is 0.421 e. The summed E-state index contributed by atoms with van der Waals surface area (Å²) < 4.78 is 5.53. The summed E-state index contributed by atoms with van der Waals surface area (Å²) in [5.41, 5.74) is 7.97. The lowest BCUT2D eigenvalue weighted by molar-refractivity contribution is 0.411. The number of aromatic nitrogens is 2. The van der Waals surface area contributed by atoms with Gasteiger partial charge in [-0.2, -0.15) is 0 Å². The fraction of sp³-hybridized carbons (Fsp3) is 0.467. The van der Waals surface area contributed by atoms with Crippen molar-refractivity contribution in [3.05, 3.63) is 30.2 Å². The summed E-state index contributed by atoms with van der Waals surface area (Å²) in [6, 6.07) is 8.90. The number of rotatable bonds is 3. The van der Waals surface area contributed by atoms with Gasteiger partial charge in [-0.25, -0.2) is 0 Å². The molecule has 1 aliphatic rings. The molecular weight excluding hydrogens is 252 g/mol. The molecule has 0 saturated heterocycles. The molecule has 5 nitrogen and oxygen atoms in total. The number of hydrogen-bond acceptors (Lipinski definition) is 5. The summed E-state index contributed by atoms with van der Waals surface area (Å²) in [6.07, 6.45) is 4.38. The Balaban J connectivity index is 1.80. The van der Waals surface area contributed by atoms with E-state index in [9.17, 15) is 0 Å². The Kier molecular flexibility index (Phi) is 3.69. The van der Waals surface area contributed by atoms with Crippen LogP contribution in [-0.2, 0) is 0 Å². The van der Waals surface area contributed by atoms with E-state index in [1.165, 1.54) is 0 Å². The molecule has 0 amide bonds. The van der Waals surface area contributed by atoms with Crippen molar-refractivity contribution in [3.8, 4) is 11.5 Å². The van der Waals surface area contributed by atoms with Crippen LogP contribution in [0.3, 0.4) is 0 Å². The number of nitrogens with one attached hydrogen (secondary N) is 1. The van der Waals surface area contributed by atoms with Crippen LogP contribution < -0.4 is 11.1 Å². The van der Waals surface area contributed by atoms with Gasteiger partial charge in [-0.05, 0) is 37.8 Å². The molecule has 5 heteroatoms. The molecule has 0 unspecified atom stereocenters. The third-order valence-corrected chi connectivity index (χ3v) is 3.81. The smallest absolute Gasteiger partial charge is 0.249 e. The molecule has 2 aromatic rings. The third-order valence-electron chi connectivity index (χ3n) is 3.81. The molecule has 0 spiro atoms. The Labute approximate surface area is 118 Å². The van der Waals surface area contributed by atoms with Crippen LogP contribution in [0.5, 0.6) is 0 Å². The molecule has 3 rings (SSSR count). The molecule has 106 valence electrons. The van der Waals surface area contributed by atoms with Gasteiger partial charge >= 0.3 is 0 Å². The summed E-state index contributed by atoms with van der Waals surface area (Å²) in [5, 5.41) is 11.6. The van der Waals surface area contributed by atoms with Crippen LogP contribution in [0.25, 0.3) is 11.5 Å². The molecule has 0 aliphatic heterocycles. The van der Waals surface area contributed by atoms with E-state index in [1.807, 2.05) is 18.2 Å². The average molecular weight is 272 g/mol. The van der Waals surface area contributed by atoms with E-state index in [4.69, 9.17) is 10.2 Å². The Bertz CT molecular complexity index is 573. The second-order valence-corrected chi connectivity index (χ2v) is 5.43. The molecule has 0 bridgehead atoms. The number of nitrogens with two attached hydrogens (primary N) is 1. The number of nitrogens with zero attached hydrogens (tertiary/aromatic N) is 2. The molecular formula is C15H20N4O. The number of para-hydroxylation sites is 1. The van der Waals surface area contributed by atoms with Crippen LogP contribution in [-0.4, -0.2) is 22.3 Å². The molecule has 1 heterocycles. The topological polar surface area (TPSA) is 77.0 Å². The van der Waals surface area contributed by atoms with Gasteiger partial charge in [0.25, 0.3) is 0 Å². The van der Waals surface area contributed by atoms with Gasteiger partial charge in [0.2, 0.25) is 11.8 Å². The van der Waals surface area contributed by atoms with Crippen molar-refractivity contribution >= 4 is 5.69 Å². The lowest BCUT2D eigenvalue weighted by Gasteiger charge is -2.28. The number of anilines is 1. The number of aryl methyl sites for hydroxylation is 1. The predicted molar refractivity (Wildman–Crippen MR) is 78.3 cm³/mol. The van der Waals surface area contributed by atoms with Crippen molar-refractivity contribution < 1.29 is 4.42 Å². The van der Waals surface area contributed by atoms with Gasteiger partial charge in [0.15, 0.2) is 0 Å². The number of benzene rings is 1. The second-order valence-electron chi connectivity index (χ2n) is 5.43. The van der Waals surface area contributed by atoms with Crippen LogP contribution in [0.15, 0.2) is 28.7 Å². The summed E-state index contributed by atoms with van der Waals surface area (Å²) in [5.74, 6) is 1.15. The quantitative estimate of drug-likeness (QED) is 0.898. The Morgan fingerprint density at radius 2 is 1.90 bits per heavy atom. The van der Waals surface area contributed by atoms with E-state index >= 15 is 0 Å². The maximum Gasteiger partial charge on any atom is 0.249 e. The van der Waals surface area contributed by atoms with Gasteiger partial charge in [0.1, 0.15) is 0 Å². The first-order valence-corrected chi connectivity index (χ1v) is 7.14. The molecule has 20 heavy (non-hydrogen) atoms. The summed E-state index contributed by atoms with van der Waals surface area (Å²) in [6.45, 7) is 1.80. The zero-order valence-electron chi connectivity index (χ0n) is 11.7. The first kappa shape index (κ1) is 13.1. The van der Waals surface area contributed by atoms with Crippen molar-refractivity contribution in [1.29, 1.82) is 0 Å². The van der Waals surface area contributed by atoms with Crippen LogP contribution >= 0.6 is 0 Å². The van der Waals surface area contributed by atoms with E-state index in [-0.39, 0.29) is 0 Å². The van der Waals surface area contributed by atoms with Crippen LogP contribution in [0.4, 0.5) is 5.69 Å². The molecule has 1 aliphatic carbocycles. The van der Waals surface area contributed by atoms with Gasteiger partial charge < -0.3 is 15.5 Å². The lowest BCUT2D eigenvalue weighted by atomic mass is 9.91. The Hall–Kier alpha value is -1.88. The first-order chi connectivity index (χ1) is 9.72. The molecule has 0 atom stereocenters. The summed E-state index contributed by atoms with van der Waals surface area (Å²) >= 11 is 0. The van der Waals surface area contributed by atoms with Gasteiger partial charge in [-0.15, -0.1) is 10.2 Å². The minimum absolute atomic E-state index is 0.363. The molecule has 3 N–H and O–H groups in total. The van der Waals surface area contributed by atoms with Crippen molar-refractivity contribution in [3.63, 3.8) is 0 Å². The highest BCUT2D eigenvalue weighted by Crippen LogP contribution is 2.29. The molecule has 1 saturated carbocycles. The molecule has 1 aromatic heterocycles. The van der Waals surface area contributed by atoms with Crippen LogP contribution in [0, 0.1) is 6.92 Å². The monoisotopic (exact) mass is 272 g/mol. The third kappa shape index (κ3) is 2.82. The van der Waals surface area contributed by atoms with E-state index in [1.54, 1.807) is 6.92 Å². The number of hydrogen-bond donors (Lipinski definition) is 2. The second kappa shape index (κ2) is 5.63. The first-order valence-electron chi connectivity index (χ1n) is 7.14. The Morgan fingerprint density at radius 1 is 1.15 bits per heavy atom. The van der Waals surface area contributed by atoms with E-state index in [0.29, 0.717) is 23.9 Å². The van der Waals surface area contributed by atoms with Gasteiger partial charge in [0, 0.05) is 24.7 Å². The molecule has 1 fully saturated rings. The van der Waals surface area contributed by atoms with Crippen molar-refractivity contribution in [2.45, 2.75) is 44.7 Å². The van der Waals surface area contributed by atoms with Gasteiger partial charge in [-0.3, -0.25) is 0 Å². The highest BCUT2D eigenvalue weighted by Gasteiger charge is 2.20. The Morgan fingerprint density at radius 3 is 2.60 bits per heavy atom. The average Bonchev–Trinajstić information content (AvgIpc) is 2.88. The normalized spacial score (nSPS) is 22.7. The van der Waals surface area contributed by atoms with Crippen molar-refractivity contribution in [2.24, 2.45) is 5.73 Å². The minimum atomic E-state index is 0.363. The van der Waals surface area contributed by atoms with E-state index < -0.39 is 0 Å². The van der Waals surface area contributed by atoms with Gasteiger partial charge in [0.05, 0.1) is 5.56 Å². The van der Waals surface area contributed by atoms with E-state index in [0.717, 1.165) is 36.9 Å². The van der Waals surface area contributed by atoms with Crippen molar-refractivity contribution in [2.75, 3.05) is 5.32 Å². The SMILES string of the molecule is Cc1nnc(-c2ccccc2NC2CCC(N)CC2)o1. The lowest BCUT2D eigenvalue weighted by Crippen LogP contribution is -2.32. The molecule has 1 aromatic carbocycles. The standard InChI is InChI=1S/C15H20N4O/c1-10-18-19-15(20-10)13-4-2-3-5-14(13)17-12-8-6-11(16)7-9-12/h2-5,11-12,17H,6-9,16H2,1H3. The van der Waals surface area contributed by atoms with E-state index in [2.05, 4.69) is 21.6 Å². The summed E-state index contributed by atoms with van der Waals surface area (Å²) in [4.78, 5) is 0. The zero-order valence-corrected chi connectivity index (χ0v) is 11.7. The molecule has 0 radical (unpaired) electrons. The highest BCUT2D eigenvalue weighted by molar-refractivity contribution is 5.72. The zero-order chi connectivity index (χ0) is 13.9. The maximum atomic E-state index is 5.95.